The standard InChI is InChI=1S/C15H22N2O/c1-15(8-4-10-18-15)11-17-13-7-2-5-12-6-3-9-16-14(12)13/h3,6,9,13,17H,2,4-5,7-8,10-11H2,1H3. The second-order valence-corrected chi connectivity index (χ2v) is 5.78. The highest BCUT2D eigenvalue weighted by Crippen LogP contribution is 2.30. The van der Waals surface area contributed by atoms with E-state index in [2.05, 4.69) is 23.3 Å². The largest absolute Gasteiger partial charge is 0.374 e. The first-order chi connectivity index (χ1) is 8.77. The van der Waals surface area contributed by atoms with E-state index in [0.29, 0.717) is 6.04 Å². The summed E-state index contributed by atoms with van der Waals surface area (Å²) in [5.41, 5.74) is 2.70. The number of aryl methyl sites for hydroxylation is 1. The molecular weight excluding hydrogens is 224 g/mol. The minimum atomic E-state index is 0.0341. The van der Waals surface area contributed by atoms with Crippen molar-refractivity contribution >= 4 is 0 Å². The van der Waals surface area contributed by atoms with Crippen molar-refractivity contribution in [3.8, 4) is 0 Å². The van der Waals surface area contributed by atoms with Crippen LogP contribution in [0.25, 0.3) is 0 Å². The molecule has 3 heteroatoms. The topological polar surface area (TPSA) is 34.2 Å². The second kappa shape index (κ2) is 4.98. The monoisotopic (exact) mass is 246 g/mol. The Hall–Kier alpha value is -0.930. The van der Waals surface area contributed by atoms with Crippen LogP contribution in [0.15, 0.2) is 18.3 Å². The summed E-state index contributed by atoms with van der Waals surface area (Å²) in [6.45, 7) is 4.07. The first kappa shape index (κ1) is 12.1. The Kier molecular flexibility index (Phi) is 3.35. The van der Waals surface area contributed by atoms with Crippen LogP contribution in [0.3, 0.4) is 0 Å². The maximum Gasteiger partial charge on any atom is 0.0779 e. The van der Waals surface area contributed by atoms with Gasteiger partial charge in [-0.15, -0.1) is 0 Å². The minimum absolute atomic E-state index is 0.0341. The zero-order chi connectivity index (χ0) is 12.4. The molecule has 98 valence electrons. The van der Waals surface area contributed by atoms with Gasteiger partial charge >= 0.3 is 0 Å². The molecule has 2 atom stereocenters. The molecule has 2 unspecified atom stereocenters. The molecule has 1 N–H and O–H groups in total. The lowest BCUT2D eigenvalue weighted by atomic mass is 9.91. The quantitative estimate of drug-likeness (QED) is 0.890. The maximum atomic E-state index is 5.84. The van der Waals surface area contributed by atoms with Crippen LogP contribution in [0.5, 0.6) is 0 Å². The number of nitrogens with one attached hydrogen (secondary N) is 1. The highest BCUT2D eigenvalue weighted by atomic mass is 16.5. The zero-order valence-electron chi connectivity index (χ0n) is 11.1. The fraction of sp³-hybridized carbons (Fsp3) is 0.667. The van der Waals surface area contributed by atoms with Gasteiger partial charge in [0, 0.05) is 25.4 Å². The third-order valence-corrected chi connectivity index (χ3v) is 4.22. The lowest BCUT2D eigenvalue weighted by Crippen LogP contribution is -2.40. The fourth-order valence-electron chi connectivity index (χ4n) is 3.12. The molecule has 1 aliphatic carbocycles. The van der Waals surface area contributed by atoms with Crippen LogP contribution < -0.4 is 5.32 Å². The Morgan fingerprint density at radius 3 is 3.28 bits per heavy atom. The van der Waals surface area contributed by atoms with Crippen LogP contribution in [0.2, 0.25) is 0 Å². The van der Waals surface area contributed by atoms with Crippen LogP contribution in [0.1, 0.15) is 49.9 Å². The van der Waals surface area contributed by atoms with Crippen molar-refractivity contribution in [2.45, 2.75) is 50.7 Å². The van der Waals surface area contributed by atoms with Crippen molar-refractivity contribution in [1.82, 2.24) is 10.3 Å². The van der Waals surface area contributed by atoms with Crippen LogP contribution in [-0.4, -0.2) is 23.7 Å². The number of hydrogen-bond acceptors (Lipinski definition) is 3. The summed E-state index contributed by atoms with van der Waals surface area (Å²) in [5, 5.41) is 3.67. The predicted octanol–water partition coefficient (Wildman–Crippen LogP) is 2.62. The van der Waals surface area contributed by atoms with Gasteiger partial charge in [-0.05, 0) is 50.7 Å². The zero-order valence-corrected chi connectivity index (χ0v) is 11.1. The number of fused-ring (bicyclic) bond motifs is 1. The van der Waals surface area contributed by atoms with Gasteiger partial charge in [0.25, 0.3) is 0 Å². The van der Waals surface area contributed by atoms with Gasteiger partial charge < -0.3 is 10.1 Å². The van der Waals surface area contributed by atoms with E-state index in [9.17, 15) is 0 Å². The first-order valence-corrected chi connectivity index (χ1v) is 7.08. The summed E-state index contributed by atoms with van der Waals surface area (Å²) in [6.07, 6.45) is 7.90. The highest BCUT2D eigenvalue weighted by Gasteiger charge is 2.31. The van der Waals surface area contributed by atoms with Gasteiger partial charge in [-0.3, -0.25) is 4.98 Å². The Bertz CT molecular complexity index is 413. The van der Waals surface area contributed by atoms with E-state index < -0.39 is 0 Å². The smallest absolute Gasteiger partial charge is 0.0779 e. The maximum absolute atomic E-state index is 5.84. The van der Waals surface area contributed by atoms with Crippen molar-refractivity contribution in [1.29, 1.82) is 0 Å². The summed E-state index contributed by atoms with van der Waals surface area (Å²) >= 11 is 0. The van der Waals surface area contributed by atoms with Crippen molar-refractivity contribution in [3.05, 3.63) is 29.6 Å². The van der Waals surface area contributed by atoms with Crippen LogP contribution in [-0.2, 0) is 11.2 Å². The molecule has 0 aromatic carbocycles. The highest BCUT2D eigenvalue weighted by molar-refractivity contribution is 5.25. The van der Waals surface area contributed by atoms with Crippen molar-refractivity contribution in [3.63, 3.8) is 0 Å². The molecule has 0 bridgehead atoms. The van der Waals surface area contributed by atoms with Crippen molar-refractivity contribution in [2.75, 3.05) is 13.2 Å². The molecule has 1 aromatic heterocycles. The van der Waals surface area contributed by atoms with Crippen LogP contribution in [0, 0.1) is 0 Å². The molecule has 1 saturated heterocycles. The van der Waals surface area contributed by atoms with Gasteiger partial charge in [0.1, 0.15) is 0 Å². The third-order valence-electron chi connectivity index (χ3n) is 4.22. The molecule has 18 heavy (non-hydrogen) atoms. The number of pyridine rings is 1. The van der Waals surface area contributed by atoms with Gasteiger partial charge in [-0.2, -0.15) is 0 Å². The van der Waals surface area contributed by atoms with E-state index in [1.807, 2.05) is 12.3 Å². The van der Waals surface area contributed by atoms with Crippen molar-refractivity contribution < 1.29 is 4.74 Å². The molecule has 0 amide bonds. The number of nitrogens with zero attached hydrogens (tertiary/aromatic N) is 1. The fourth-order valence-corrected chi connectivity index (χ4v) is 3.12. The molecule has 1 aromatic rings. The summed E-state index contributed by atoms with van der Waals surface area (Å²) < 4.78 is 5.84. The lowest BCUT2D eigenvalue weighted by molar-refractivity contribution is 0.0181. The van der Waals surface area contributed by atoms with Gasteiger partial charge in [-0.1, -0.05) is 6.07 Å². The lowest BCUT2D eigenvalue weighted by Gasteiger charge is -2.30. The second-order valence-electron chi connectivity index (χ2n) is 5.78. The average Bonchev–Trinajstić information content (AvgIpc) is 2.84. The van der Waals surface area contributed by atoms with Crippen LogP contribution in [0.4, 0.5) is 0 Å². The molecule has 3 nitrogen and oxygen atoms in total. The van der Waals surface area contributed by atoms with Gasteiger partial charge in [0.15, 0.2) is 0 Å². The Morgan fingerprint density at radius 1 is 1.50 bits per heavy atom. The van der Waals surface area contributed by atoms with Crippen LogP contribution >= 0.6 is 0 Å². The number of hydrogen-bond donors (Lipinski definition) is 1. The molecule has 1 fully saturated rings. The van der Waals surface area contributed by atoms with Gasteiger partial charge in [0.05, 0.1) is 11.3 Å². The summed E-state index contributed by atoms with van der Waals surface area (Å²) in [4.78, 5) is 4.57. The Labute approximate surface area is 109 Å². The molecule has 2 heterocycles. The molecule has 1 aliphatic heterocycles. The van der Waals surface area contributed by atoms with Gasteiger partial charge in [0.2, 0.25) is 0 Å². The molecule has 0 saturated carbocycles. The molecular formula is C15H22N2O. The summed E-state index contributed by atoms with van der Waals surface area (Å²) in [7, 11) is 0. The first-order valence-electron chi connectivity index (χ1n) is 7.08. The average molecular weight is 246 g/mol. The Balaban J connectivity index is 1.67. The minimum Gasteiger partial charge on any atom is -0.374 e. The van der Waals surface area contributed by atoms with E-state index in [1.165, 1.54) is 43.4 Å². The molecule has 2 aliphatic rings. The molecule has 0 spiro atoms. The molecule has 3 rings (SSSR count). The van der Waals surface area contributed by atoms with E-state index >= 15 is 0 Å². The summed E-state index contributed by atoms with van der Waals surface area (Å²) in [6, 6.07) is 4.67. The number of aromatic nitrogens is 1. The normalized spacial score (nSPS) is 31.3. The SMILES string of the molecule is CC1(CNC2CCCc3cccnc32)CCCO1. The van der Waals surface area contributed by atoms with E-state index in [0.717, 1.165) is 13.2 Å². The third kappa shape index (κ3) is 2.43. The van der Waals surface area contributed by atoms with E-state index in [4.69, 9.17) is 4.74 Å². The van der Waals surface area contributed by atoms with E-state index in [-0.39, 0.29) is 5.60 Å². The van der Waals surface area contributed by atoms with E-state index in [1.54, 1.807) is 0 Å². The number of rotatable bonds is 3. The van der Waals surface area contributed by atoms with Crippen molar-refractivity contribution in [2.24, 2.45) is 0 Å². The number of ether oxygens (including phenoxy) is 1. The Morgan fingerprint density at radius 2 is 2.44 bits per heavy atom. The summed E-state index contributed by atoms with van der Waals surface area (Å²) in [5.74, 6) is 0. The predicted molar refractivity (Wildman–Crippen MR) is 71.5 cm³/mol. The van der Waals surface area contributed by atoms with Gasteiger partial charge in [-0.25, -0.2) is 0 Å². The molecule has 0 radical (unpaired) electrons.